The number of carbonyl (C=O) groups excluding carboxylic acids is 3. The fraction of sp³-hybridized carbons (Fsp3) is 0.211. The van der Waals surface area contributed by atoms with E-state index in [9.17, 15) is 14.4 Å². The highest BCUT2D eigenvalue weighted by Gasteiger charge is 2.19. The lowest BCUT2D eigenvalue weighted by molar-refractivity contribution is 0.0463. The van der Waals surface area contributed by atoms with Crippen LogP contribution in [0.5, 0.6) is 5.75 Å². The molecule has 0 saturated carbocycles. The van der Waals surface area contributed by atoms with Gasteiger partial charge in [0, 0.05) is 5.56 Å². The van der Waals surface area contributed by atoms with Gasteiger partial charge in [-0.3, -0.25) is 4.79 Å². The Labute approximate surface area is 145 Å². The van der Waals surface area contributed by atoms with Crippen molar-refractivity contribution >= 4 is 17.7 Å². The summed E-state index contributed by atoms with van der Waals surface area (Å²) in [7, 11) is 1.22. The third-order valence-corrected chi connectivity index (χ3v) is 3.37. The molecule has 0 aliphatic carbocycles. The molecule has 0 fully saturated rings. The maximum absolute atomic E-state index is 12.2. The molecule has 2 rings (SSSR count). The van der Waals surface area contributed by atoms with E-state index >= 15 is 0 Å². The van der Waals surface area contributed by atoms with E-state index in [2.05, 4.69) is 4.74 Å². The van der Waals surface area contributed by atoms with Crippen LogP contribution in [-0.2, 0) is 9.47 Å². The van der Waals surface area contributed by atoms with Crippen molar-refractivity contribution in [2.45, 2.75) is 6.92 Å². The number of Topliss-reactive ketones (excluding diaryl/α,β-unsaturated/α-hetero) is 1. The highest BCUT2D eigenvalue weighted by molar-refractivity contribution is 6.04. The maximum Gasteiger partial charge on any atom is 0.339 e. The second-order valence-corrected chi connectivity index (χ2v) is 4.99. The highest BCUT2D eigenvalue weighted by Crippen LogP contribution is 2.14. The van der Waals surface area contributed by atoms with E-state index in [1.165, 1.54) is 19.2 Å². The van der Waals surface area contributed by atoms with Crippen LogP contribution in [0, 0.1) is 0 Å². The van der Waals surface area contributed by atoms with Crippen molar-refractivity contribution in [1.29, 1.82) is 0 Å². The van der Waals surface area contributed by atoms with E-state index in [1.807, 2.05) is 6.92 Å². The Morgan fingerprint density at radius 2 is 1.48 bits per heavy atom. The molecule has 130 valence electrons. The van der Waals surface area contributed by atoms with Crippen LogP contribution in [0.2, 0.25) is 0 Å². The molecule has 25 heavy (non-hydrogen) atoms. The normalized spacial score (nSPS) is 10.0. The minimum absolute atomic E-state index is 0.0499. The van der Waals surface area contributed by atoms with E-state index in [1.54, 1.807) is 36.4 Å². The fourth-order valence-corrected chi connectivity index (χ4v) is 2.14. The smallest absolute Gasteiger partial charge is 0.339 e. The van der Waals surface area contributed by atoms with Gasteiger partial charge < -0.3 is 14.2 Å². The number of hydrogen-bond acceptors (Lipinski definition) is 6. The molecule has 0 heterocycles. The summed E-state index contributed by atoms with van der Waals surface area (Å²) in [5.41, 5.74) is 0.537. The molecule has 0 unspecified atom stereocenters. The number of esters is 2. The zero-order chi connectivity index (χ0) is 18.2. The Balaban J connectivity index is 2.02. The quantitative estimate of drug-likeness (QED) is 0.569. The summed E-state index contributed by atoms with van der Waals surface area (Å²) in [4.78, 5) is 35.9. The Bertz CT molecular complexity index is 764. The Morgan fingerprint density at radius 1 is 0.880 bits per heavy atom. The van der Waals surface area contributed by atoms with Crippen LogP contribution >= 0.6 is 0 Å². The lowest BCUT2D eigenvalue weighted by Crippen LogP contribution is -2.17. The van der Waals surface area contributed by atoms with Gasteiger partial charge in [-0.1, -0.05) is 12.1 Å². The maximum atomic E-state index is 12.2. The van der Waals surface area contributed by atoms with Crippen LogP contribution < -0.4 is 4.74 Å². The summed E-state index contributed by atoms with van der Waals surface area (Å²) in [6.07, 6.45) is 0. The van der Waals surface area contributed by atoms with Crippen molar-refractivity contribution in [1.82, 2.24) is 0 Å². The molecule has 0 atom stereocenters. The van der Waals surface area contributed by atoms with Gasteiger partial charge in [0.15, 0.2) is 12.4 Å². The molecule has 2 aromatic carbocycles. The molecule has 2 aromatic rings. The number of benzene rings is 2. The average molecular weight is 342 g/mol. The summed E-state index contributed by atoms with van der Waals surface area (Å²) in [5, 5.41) is 0. The number of carbonyl (C=O) groups is 3. The van der Waals surface area contributed by atoms with Gasteiger partial charge in [-0.2, -0.15) is 0 Å². The molecule has 0 aliphatic heterocycles. The van der Waals surface area contributed by atoms with Crippen molar-refractivity contribution < 1.29 is 28.6 Å². The van der Waals surface area contributed by atoms with E-state index < -0.39 is 18.5 Å². The number of methoxy groups -OCH3 is 1. The Kier molecular flexibility index (Phi) is 6.28. The number of ether oxygens (including phenoxy) is 3. The fourth-order valence-electron chi connectivity index (χ4n) is 2.14. The third kappa shape index (κ3) is 4.67. The highest BCUT2D eigenvalue weighted by atomic mass is 16.5. The van der Waals surface area contributed by atoms with E-state index in [4.69, 9.17) is 9.47 Å². The zero-order valence-corrected chi connectivity index (χ0v) is 14.0. The van der Waals surface area contributed by atoms with Crippen LogP contribution in [-0.4, -0.2) is 38.0 Å². The first-order valence-corrected chi connectivity index (χ1v) is 7.67. The molecule has 0 N–H and O–H groups in total. The molecule has 0 aromatic heterocycles. The standard InChI is InChI=1S/C19H18O6/c1-3-24-14-10-8-13(9-11-14)17(20)12-25-19(22)16-7-5-4-6-15(16)18(21)23-2/h4-11H,3,12H2,1-2H3. The lowest BCUT2D eigenvalue weighted by atomic mass is 10.1. The van der Waals surface area contributed by atoms with Gasteiger partial charge >= 0.3 is 11.9 Å². The van der Waals surface area contributed by atoms with E-state index in [0.29, 0.717) is 17.9 Å². The van der Waals surface area contributed by atoms with Crippen LogP contribution in [0.3, 0.4) is 0 Å². The van der Waals surface area contributed by atoms with Crippen LogP contribution in [0.4, 0.5) is 0 Å². The van der Waals surface area contributed by atoms with Gasteiger partial charge in [0.25, 0.3) is 0 Å². The first-order chi connectivity index (χ1) is 12.1. The summed E-state index contributed by atoms with van der Waals surface area (Å²) in [6, 6.07) is 12.6. The predicted octanol–water partition coefficient (Wildman–Crippen LogP) is 2.91. The van der Waals surface area contributed by atoms with Crippen LogP contribution in [0.15, 0.2) is 48.5 Å². The summed E-state index contributed by atoms with van der Waals surface area (Å²) >= 11 is 0. The summed E-state index contributed by atoms with van der Waals surface area (Å²) in [5.74, 6) is -1.11. The summed E-state index contributed by atoms with van der Waals surface area (Å²) in [6.45, 7) is 1.97. The van der Waals surface area contributed by atoms with Crippen molar-refractivity contribution in [2.24, 2.45) is 0 Å². The second kappa shape index (κ2) is 8.63. The van der Waals surface area contributed by atoms with Crippen molar-refractivity contribution in [3.05, 3.63) is 65.2 Å². The van der Waals surface area contributed by atoms with Crippen molar-refractivity contribution in [3.8, 4) is 5.75 Å². The molecular weight excluding hydrogens is 324 g/mol. The zero-order valence-electron chi connectivity index (χ0n) is 14.0. The van der Waals surface area contributed by atoms with Crippen LogP contribution in [0.25, 0.3) is 0 Å². The SMILES string of the molecule is CCOc1ccc(C(=O)COC(=O)c2ccccc2C(=O)OC)cc1. The van der Waals surface area contributed by atoms with Crippen LogP contribution in [0.1, 0.15) is 38.0 Å². The first kappa shape index (κ1) is 18.2. The van der Waals surface area contributed by atoms with Gasteiger partial charge in [0.2, 0.25) is 0 Å². The Hall–Kier alpha value is -3.15. The molecule has 0 spiro atoms. The first-order valence-electron chi connectivity index (χ1n) is 7.67. The minimum Gasteiger partial charge on any atom is -0.494 e. The molecule has 0 aliphatic rings. The topological polar surface area (TPSA) is 78.9 Å². The molecular formula is C19H18O6. The van der Waals surface area contributed by atoms with Gasteiger partial charge in [-0.05, 0) is 43.3 Å². The number of hydrogen-bond donors (Lipinski definition) is 0. The third-order valence-electron chi connectivity index (χ3n) is 3.37. The predicted molar refractivity (Wildman–Crippen MR) is 90.0 cm³/mol. The summed E-state index contributed by atoms with van der Waals surface area (Å²) < 4.78 is 15.0. The molecule has 6 nitrogen and oxygen atoms in total. The van der Waals surface area contributed by atoms with Crippen molar-refractivity contribution in [2.75, 3.05) is 20.3 Å². The van der Waals surface area contributed by atoms with E-state index in [0.717, 1.165) is 0 Å². The minimum atomic E-state index is -0.764. The Morgan fingerprint density at radius 3 is 2.04 bits per heavy atom. The van der Waals surface area contributed by atoms with Gasteiger partial charge in [0.05, 0.1) is 24.8 Å². The van der Waals surface area contributed by atoms with Gasteiger partial charge in [0.1, 0.15) is 5.75 Å². The molecule has 0 bridgehead atoms. The van der Waals surface area contributed by atoms with E-state index in [-0.39, 0.29) is 16.9 Å². The largest absolute Gasteiger partial charge is 0.494 e. The van der Waals surface area contributed by atoms with Gasteiger partial charge in [-0.15, -0.1) is 0 Å². The molecule has 0 radical (unpaired) electrons. The lowest BCUT2D eigenvalue weighted by Gasteiger charge is -2.08. The monoisotopic (exact) mass is 342 g/mol. The molecule has 0 saturated heterocycles. The molecule has 0 amide bonds. The number of rotatable bonds is 7. The molecule has 6 heteroatoms. The number of ketones is 1. The second-order valence-electron chi connectivity index (χ2n) is 4.99. The van der Waals surface area contributed by atoms with Gasteiger partial charge in [-0.25, -0.2) is 9.59 Å². The van der Waals surface area contributed by atoms with Crippen molar-refractivity contribution in [3.63, 3.8) is 0 Å². The average Bonchev–Trinajstić information content (AvgIpc) is 2.66.